The van der Waals surface area contributed by atoms with Crippen molar-refractivity contribution in [3.8, 4) is 22.8 Å². The van der Waals surface area contributed by atoms with Crippen LogP contribution in [0.25, 0.3) is 11.3 Å². The summed E-state index contributed by atoms with van der Waals surface area (Å²) < 4.78 is 10.7. The van der Waals surface area contributed by atoms with E-state index in [1.807, 2.05) is 18.2 Å². The van der Waals surface area contributed by atoms with Gasteiger partial charge in [0, 0.05) is 36.8 Å². The lowest BCUT2D eigenvalue weighted by Gasteiger charge is -2.27. The molecule has 2 aromatic heterocycles. The van der Waals surface area contributed by atoms with Crippen LogP contribution in [0.5, 0.6) is 11.5 Å². The highest BCUT2D eigenvalue weighted by molar-refractivity contribution is 5.93. The molecule has 1 N–H and O–H groups in total. The number of H-pyrrole nitrogens is 1. The Balaban J connectivity index is 1.38. The van der Waals surface area contributed by atoms with E-state index in [9.17, 15) is 4.79 Å². The average Bonchev–Trinajstić information content (AvgIpc) is 3.35. The number of ether oxygens (including phenoxy) is 2. The van der Waals surface area contributed by atoms with Gasteiger partial charge in [-0.05, 0) is 24.3 Å². The van der Waals surface area contributed by atoms with E-state index in [2.05, 4.69) is 20.2 Å². The molecule has 26 heavy (non-hydrogen) atoms. The molecule has 0 aliphatic carbocycles. The SMILES string of the molecule is O=C(c1cc(-c2ccc3c(c2)OCO3)n[nH]1)N1CCc2ncncc2C1. The molecule has 4 heterocycles. The number of aromatic nitrogens is 4. The van der Waals surface area contributed by atoms with Gasteiger partial charge in [-0.2, -0.15) is 5.10 Å². The first-order chi connectivity index (χ1) is 12.8. The third-order valence-electron chi connectivity index (χ3n) is 4.62. The first-order valence-electron chi connectivity index (χ1n) is 8.30. The van der Waals surface area contributed by atoms with Gasteiger partial charge >= 0.3 is 0 Å². The number of hydrogen-bond donors (Lipinski definition) is 1. The van der Waals surface area contributed by atoms with E-state index in [1.165, 1.54) is 0 Å². The standard InChI is InChI=1S/C18H15N5O3/c24-18(23-4-3-13-12(8-23)7-19-9-20-13)15-6-14(21-22-15)11-1-2-16-17(5-11)26-10-25-16/h1-2,5-7,9H,3-4,8,10H2,(H,21,22). The second kappa shape index (κ2) is 5.83. The van der Waals surface area contributed by atoms with E-state index in [-0.39, 0.29) is 12.7 Å². The van der Waals surface area contributed by atoms with Crippen LogP contribution in [0.2, 0.25) is 0 Å². The molecule has 0 spiro atoms. The Morgan fingerprint density at radius 2 is 2.12 bits per heavy atom. The van der Waals surface area contributed by atoms with E-state index in [4.69, 9.17) is 9.47 Å². The molecular formula is C18H15N5O3. The molecule has 1 amide bonds. The molecular weight excluding hydrogens is 334 g/mol. The fraction of sp³-hybridized carbons (Fsp3) is 0.222. The Morgan fingerprint density at radius 1 is 1.19 bits per heavy atom. The van der Waals surface area contributed by atoms with Crippen LogP contribution >= 0.6 is 0 Å². The Bertz CT molecular complexity index is 1000. The molecule has 0 bridgehead atoms. The molecule has 2 aliphatic heterocycles. The minimum absolute atomic E-state index is 0.0843. The summed E-state index contributed by atoms with van der Waals surface area (Å²) in [5.41, 5.74) is 4.00. The minimum atomic E-state index is -0.0843. The Kier molecular flexibility index (Phi) is 3.34. The number of carbonyl (C=O) groups excluding carboxylic acids is 1. The van der Waals surface area contributed by atoms with Crippen molar-refractivity contribution in [2.24, 2.45) is 0 Å². The van der Waals surface area contributed by atoms with Gasteiger partial charge < -0.3 is 14.4 Å². The first kappa shape index (κ1) is 14.9. The van der Waals surface area contributed by atoms with Gasteiger partial charge in [-0.1, -0.05) is 0 Å². The molecule has 2 aliphatic rings. The fourth-order valence-electron chi connectivity index (χ4n) is 3.25. The van der Waals surface area contributed by atoms with Gasteiger partial charge in [0.15, 0.2) is 11.5 Å². The van der Waals surface area contributed by atoms with E-state index in [1.54, 1.807) is 23.5 Å². The van der Waals surface area contributed by atoms with Crippen LogP contribution in [0.15, 0.2) is 36.8 Å². The van der Waals surface area contributed by atoms with Crippen LogP contribution in [-0.4, -0.2) is 44.3 Å². The highest BCUT2D eigenvalue weighted by Gasteiger charge is 2.24. The molecule has 0 radical (unpaired) electrons. The van der Waals surface area contributed by atoms with E-state index in [0.29, 0.717) is 30.2 Å². The molecule has 0 saturated heterocycles. The third-order valence-corrected chi connectivity index (χ3v) is 4.62. The lowest BCUT2D eigenvalue weighted by atomic mass is 10.1. The summed E-state index contributed by atoms with van der Waals surface area (Å²) in [6.45, 7) is 1.36. The molecule has 0 saturated carbocycles. The third kappa shape index (κ3) is 2.46. The van der Waals surface area contributed by atoms with Gasteiger partial charge in [-0.15, -0.1) is 0 Å². The minimum Gasteiger partial charge on any atom is -0.454 e. The molecule has 5 rings (SSSR count). The second-order valence-corrected chi connectivity index (χ2v) is 6.21. The van der Waals surface area contributed by atoms with Crippen LogP contribution in [0.4, 0.5) is 0 Å². The molecule has 3 aromatic rings. The maximum absolute atomic E-state index is 12.8. The van der Waals surface area contributed by atoms with Gasteiger partial charge in [0.25, 0.3) is 5.91 Å². The Morgan fingerprint density at radius 3 is 3.08 bits per heavy atom. The topological polar surface area (TPSA) is 93.2 Å². The number of hydrogen-bond acceptors (Lipinski definition) is 6. The quantitative estimate of drug-likeness (QED) is 0.758. The van der Waals surface area contributed by atoms with Crippen LogP contribution in [0, 0.1) is 0 Å². The predicted molar refractivity (Wildman–Crippen MR) is 90.6 cm³/mol. The van der Waals surface area contributed by atoms with Crippen LogP contribution in [-0.2, 0) is 13.0 Å². The Hall–Kier alpha value is -3.42. The summed E-state index contributed by atoms with van der Waals surface area (Å²) >= 11 is 0. The van der Waals surface area contributed by atoms with Crippen molar-refractivity contribution < 1.29 is 14.3 Å². The molecule has 0 fully saturated rings. The average molecular weight is 349 g/mol. The summed E-state index contributed by atoms with van der Waals surface area (Å²) in [6, 6.07) is 7.36. The molecule has 130 valence electrons. The highest BCUT2D eigenvalue weighted by Crippen LogP contribution is 2.35. The predicted octanol–water partition coefficient (Wildman–Crippen LogP) is 1.79. The number of rotatable bonds is 2. The van der Waals surface area contributed by atoms with Crippen LogP contribution in [0.3, 0.4) is 0 Å². The van der Waals surface area contributed by atoms with Gasteiger partial charge in [0.2, 0.25) is 6.79 Å². The summed E-state index contributed by atoms with van der Waals surface area (Å²) in [7, 11) is 0. The largest absolute Gasteiger partial charge is 0.454 e. The second-order valence-electron chi connectivity index (χ2n) is 6.21. The van der Waals surface area contributed by atoms with Crippen molar-refractivity contribution in [3.63, 3.8) is 0 Å². The highest BCUT2D eigenvalue weighted by atomic mass is 16.7. The number of carbonyl (C=O) groups is 1. The van der Waals surface area contributed by atoms with Gasteiger partial charge in [-0.25, -0.2) is 9.97 Å². The summed E-state index contributed by atoms with van der Waals surface area (Å²) in [5, 5.41) is 7.13. The zero-order chi connectivity index (χ0) is 17.5. The zero-order valence-electron chi connectivity index (χ0n) is 13.8. The van der Waals surface area contributed by atoms with Gasteiger partial charge in [0.05, 0.1) is 11.4 Å². The van der Waals surface area contributed by atoms with E-state index < -0.39 is 0 Å². The lowest BCUT2D eigenvalue weighted by Crippen LogP contribution is -2.36. The van der Waals surface area contributed by atoms with E-state index >= 15 is 0 Å². The van der Waals surface area contributed by atoms with E-state index in [0.717, 1.165) is 29.0 Å². The van der Waals surface area contributed by atoms with Crippen molar-refractivity contribution in [3.05, 3.63) is 53.7 Å². The van der Waals surface area contributed by atoms with Crippen LogP contribution in [0.1, 0.15) is 21.7 Å². The fourth-order valence-corrected chi connectivity index (χ4v) is 3.25. The smallest absolute Gasteiger partial charge is 0.272 e. The lowest BCUT2D eigenvalue weighted by molar-refractivity contribution is 0.0727. The van der Waals surface area contributed by atoms with Gasteiger partial charge in [-0.3, -0.25) is 9.89 Å². The number of amides is 1. The zero-order valence-corrected chi connectivity index (χ0v) is 13.8. The van der Waals surface area contributed by atoms with Crippen molar-refractivity contribution in [2.45, 2.75) is 13.0 Å². The first-order valence-corrected chi connectivity index (χ1v) is 8.30. The van der Waals surface area contributed by atoms with Crippen molar-refractivity contribution in [1.29, 1.82) is 0 Å². The summed E-state index contributed by atoms with van der Waals surface area (Å²) in [4.78, 5) is 22.9. The molecule has 0 atom stereocenters. The molecule has 8 nitrogen and oxygen atoms in total. The van der Waals surface area contributed by atoms with Crippen LogP contribution < -0.4 is 9.47 Å². The molecule has 8 heteroatoms. The number of fused-ring (bicyclic) bond motifs is 2. The Labute approximate surface area is 148 Å². The monoisotopic (exact) mass is 349 g/mol. The van der Waals surface area contributed by atoms with Gasteiger partial charge in [0.1, 0.15) is 12.0 Å². The number of nitrogens with one attached hydrogen (secondary N) is 1. The molecule has 0 unspecified atom stereocenters. The number of benzene rings is 1. The number of aromatic amines is 1. The summed E-state index contributed by atoms with van der Waals surface area (Å²) in [5.74, 6) is 1.32. The van der Waals surface area contributed by atoms with Crippen molar-refractivity contribution >= 4 is 5.91 Å². The molecule has 1 aromatic carbocycles. The summed E-state index contributed by atoms with van der Waals surface area (Å²) in [6.07, 6.45) is 4.04. The van der Waals surface area contributed by atoms with Crippen molar-refractivity contribution in [2.75, 3.05) is 13.3 Å². The van der Waals surface area contributed by atoms with Crippen molar-refractivity contribution in [1.82, 2.24) is 25.1 Å². The number of nitrogens with zero attached hydrogens (tertiary/aromatic N) is 4. The maximum atomic E-state index is 12.8. The maximum Gasteiger partial charge on any atom is 0.272 e. The normalized spacial score (nSPS) is 15.0.